The molecule has 10 heteroatoms. The minimum Gasteiger partial charge on any atom is -0.380 e. The first-order valence-electron chi connectivity index (χ1n) is 12.1. The monoisotopic (exact) mass is 522 g/mol. The molecule has 194 valence electrons. The molecule has 3 atom stereocenters. The summed E-state index contributed by atoms with van der Waals surface area (Å²) in [6, 6.07) is 6.96. The van der Waals surface area contributed by atoms with Crippen molar-refractivity contribution >= 4 is 15.9 Å². The third-order valence-corrected chi connectivity index (χ3v) is 8.88. The summed E-state index contributed by atoms with van der Waals surface area (Å²) in [5, 5.41) is 11.0. The van der Waals surface area contributed by atoms with Crippen molar-refractivity contribution in [2.75, 3.05) is 12.6 Å². The standard InChI is InChI=1S/C26H29F3N2O4S/c1-25(33,18-8-9-18)24(32)31-14-26(10-11-26)23(30-36(34,35)15-27)21(31)13-17-5-3-7-20(22(17)29)16-4-2-6-19(28)12-16/h2-7,12,18,21,23,30,33H,8-11,13-15H2,1H3/t21-,23+,25?/m0/s1. The average molecular weight is 523 g/mol. The molecule has 6 nitrogen and oxygen atoms in total. The van der Waals surface area contributed by atoms with Gasteiger partial charge in [-0.3, -0.25) is 4.79 Å². The maximum Gasteiger partial charge on any atom is 0.254 e. The molecule has 2 aliphatic carbocycles. The number of hydrogen-bond acceptors (Lipinski definition) is 4. The first-order chi connectivity index (χ1) is 17.0. The van der Waals surface area contributed by atoms with Crippen molar-refractivity contribution in [3.8, 4) is 11.1 Å². The van der Waals surface area contributed by atoms with Crippen LogP contribution < -0.4 is 4.72 Å². The van der Waals surface area contributed by atoms with Gasteiger partial charge in [-0.15, -0.1) is 0 Å². The van der Waals surface area contributed by atoms with E-state index in [1.165, 1.54) is 36.1 Å². The van der Waals surface area contributed by atoms with Gasteiger partial charge in [-0.2, -0.15) is 0 Å². The van der Waals surface area contributed by atoms with E-state index in [0.29, 0.717) is 31.2 Å². The van der Waals surface area contributed by atoms with Crippen LogP contribution in [0, 0.1) is 23.0 Å². The van der Waals surface area contributed by atoms with Crippen LogP contribution in [0.3, 0.4) is 0 Å². The molecule has 3 aliphatic rings. The van der Waals surface area contributed by atoms with Crippen LogP contribution in [-0.4, -0.2) is 54.6 Å². The number of halogens is 3. The van der Waals surface area contributed by atoms with Crippen molar-refractivity contribution in [1.29, 1.82) is 0 Å². The second-order valence-electron chi connectivity index (χ2n) is 10.6. The van der Waals surface area contributed by atoms with Crippen molar-refractivity contribution in [1.82, 2.24) is 9.62 Å². The van der Waals surface area contributed by atoms with E-state index < -0.39 is 56.7 Å². The van der Waals surface area contributed by atoms with Crippen LogP contribution >= 0.6 is 0 Å². The molecule has 2 aromatic rings. The molecule has 1 amide bonds. The van der Waals surface area contributed by atoms with E-state index in [1.807, 2.05) is 0 Å². The minimum atomic E-state index is -4.27. The van der Waals surface area contributed by atoms with Crippen LogP contribution in [0.5, 0.6) is 0 Å². The van der Waals surface area contributed by atoms with Crippen molar-refractivity contribution in [2.45, 2.75) is 56.7 Å². The van der Waals surface area contributed by atoms with E-state index in [9.17, 15) is 27.1 Å². The normalized spacial score (nSPS) is 24.6. The largest absolute Gasteiger partial charge is 0.380 e. The van der Waals surface area contributed by atoms with Gasteiger partial charge in [-0.05, 0) is 68.2 Å². The molecule has 3 fully saturated rings. The Morgan fingerprint density at radius 3 is 2.50 bits per heavy atom. The number of rotatable bonds is 8. The Labute approximate surface area is 208 Å². The number of carbonyl (C=O) groups excluding carboxylic acids is 1. The fourth-order valence-electron chi connectivity index (χ4n) is 5.60. The summed E-state index contributed by atoms with van der Waals surface area (Å²) in [6.45, 7) is 1.66. The number of aliphatic hydroxyl groups is 1. The third kappa shape index (κ3) is 4.54. The third-order valence-electron chi connectivity index (χ3n) is 7.98. The Morgan fingerprint density at radius 1 is 1.19 bits per heavy atom. The number of nitrogens with one attached hydrogen (secondary N) is 1. The highest BCUT2D eigenvalue weighted by atomic mass is 32.2. The van der Waals surface area contributed by atoms with Crippen LogP contribution in [0.25, 0.3) is 11.1 Å². The summed E-state index contributed by atoms with van der Waals surface area (Å²) < 4.78 is 69.7. The number of alkyl halides is 1. The molecule has 1 unspecified atom stereocenters. The van der Waals surface area contributed by atoms with Crippen molar-refractivity contribution in [3.05, 3.63) is 59.7 Å². The molecule has 2 N–H and O–H groups in total. The fourth-order valence-corrected chi connectivity index (χ4v) is 6.46. The highest BCUT2D eigenvalue weighted by Gasteiger charge is 2.63. The van der Waals surface area contributed by atoms with Gasteiger partial charge in [0.05, 0.1) is 6.04 Å². The summed E-state index contributed by atoms with van der Waals surface area (Å²) in [4.78, 5) is 15.0. The Kier molecular flexibility index (Phi) is 6.20. The van der Waals surface area contributed by atoms with E-state index in [1.54, 1.807) is 18.2 Å². The zero-order chi connectivity index (χ0) is 25.9. The first kappa shape index (κ1) is 25.2. The Bertz CT molecular complexity index is 1290. The van der Waals surface area contributed by atoms with Crippen LogP contribution in [0.4, 0.5) is 13.2 Å². The summed E-state index contributed by atoms with van der Waals surface area (Å²) >= 11 is 0. The molecular weight excluding hydrogens is 493 g/mol. The predicted octanol–water partition coefficient (Wildman–Crippen LogP) is 3.54. The quantitative estimate of drug-likeness (QED) is 0.555. The Morgan fingerprint density at radius 2 is 1.89 bits per heavy atom. The van der Waals surface area contributed by atoms with E-state index in [0.717, 1.165) is 0 Å². The smallest absolute Gasteiger partial charge is 0.254 e. The van der Waals surface area contributed by atoms with E-state index in [4.69, 9.17) is 0 Å². The molecule has 1 heterocycles. The van der Waals surface area contributed by atoms with Gasteiger partial charge in [0.1, 0.15) is 17.2 Å². The summed E-state index contributed by atoms with van der Waals surface area (Å²) in [7, 11) is -4.27. The highest BCUT2D eigenvalue weighted by molar-refractivity contribution is 7.89. The van der Waals surface area contributed by atoms with Gasteiger partial charge in [0, 0.05) is 23.6 Å². The summed E-state index contributed by atoms with van der Waals surface area (Å²) in [6.07, 6.45) is 2.63. The maximum atomic E-state index is 15.7. The molecule has 2 saturated carbocycles. The number of sulfonamides is 1. The van der Waals surface area contributed by atoms with Gasteiger partial charge in [0.25, 0.3) is 5.91 Å². The number of benzene rings is 2. The molecular formula is C26H29F3N2O4S. The number of likely N-dealkylation sites (tertiary alicyclic amines) is 1. The summed E-state index contributed by atoms with van der Waals surface area (Å²) in [5.74, 6) is -1.82. The van der Waals surface area contributed by atoms with Crippen molar-refractivity contribution < 1.29 is 31.5 Å². The summed E-state index contributed by atoms with van der Waals surface area (Å²) in [5.41, 5.74) is -1.47. The zero-order valence-electron chi connectivity index (χ0n) is 19.9. The number of amides is 1. The van der Waals surface area contributed by atoms with Crippen LogP contribution in [0.15, 0.2) is 42.5 Å². The lowest BCUT2D eigenvalue weighted by atomic mass is 9.91. The van der Waals surface area contributed by atoms with E-state index >= 15 is 4.39 Å². The second-order valence-corrected chi connectivity index (χ2v) is 12.3. The predicted molar refractivity (Wildman–Crippen MR) is 128 cm³/mol. The lowest BCUT2D eigenvalue weighted by Gasteiger charge is -2.34. The van der Waals surface area contributed by atoms with E-state index in [2.05, 4.69) is 4.72 Å². The minimum absolute atomic E-state index is 0.0529. The lowest BCUT2D eigenvalue weighted by Crippen LogP contribution is -2.54. The Balaban J connectivity index is 1.53. The molecule has 1 spiro atoms. The number of carbonyl (C=O) groups is 1. The van der Waals surface area contributed by atoms with Crippen molar-refractivity contribution in [2.24, 2.45) is 11.3 Å². The topological polar surface area (TPSA) is 86.7 Å². The second kappa shape index (κ2) is 8.85. The van der Waals surface area contributed by atoms with Gasteiger partial charge >= 0.3 is 0 Å². The molecule has 5 rings (SSSR count). The highest BCUT2D eigenvalue weighted by Crippen LogP contribution is 2.56. The molecule has 2 aromatic carbocycles. The number of nitrogens with zero attached hydrogens (tertiary/aromatic N) is 1. The average Bonchev–Trinajstić information content (AvgIpc) is 3.75. The number of hydrogen-bond donors (Lipinski definition) is 2. The Hall–Kier alpha value is -2.43. The maximum absolute atomic E-state index is 15.7. The molecule has 0 radical (unpaired) electrons. The molecule has 0 bridgehead atoms. The van der Waals surface area contributed by atoms with Gasteiger partial charge in [0.15, 0.2) is 0 Å². The fraction of sp³-hybridized carbons (Fsp3) is 0.500. The van der Waals surface area contributed by atoms with Crippen LogP contribution in [-0.2, 0) is 21.2 Å². The molecule has 1 saturated heterocycles. The van der Waals surface area contributed by atoms with Gasteiger partial charge < -0.3 is 10.0 Å². The van der Waals surface area contributed by atoms with Crippen LogP contribution in [0.2, 0.25) is 0 Å². The molecule has 36 heavy (non-hydrogen) atoms. The van der Waals surface area contributed by atoms with Gasteiger partial charge in [-0.25, -0.2) is 26.3 Å². The first-order valence-corrected chi connectivity index (χ1v) is 13.8. The van der Waals surface area contributed by atoms with Gasteiger partial charge in [-0.1, -0.05) is 30.3 Å². The molecule has 0 aromatic heterocycles. The zero-order valence-corrected chi connectivity index (χ0v) is 20.7. The lowest BCUT2D eigenvalue weighted by molar-refractivity contribution is -0.153. The van der Waals surface area contributed by atoms with E-state index in [-0.39, 0.29) is 30.0 Å². The SMILES string of the molecule is CC(O)(C(=O)N1CC2(CC2)[C@H](NS(=O)(=O)CF)[C@@H]1Cc1cccc(-c2cccc(F)c2)c1F)C1CC1. The molecule has 1 aliphatic heterocycles. The van der Waals surface area contributed by atoms with Crippen molar-refractivity contribution in [3.63, 3.8) is 0 Å². The van der Waals surface area contributed by atoms with Crippen LogP contribution in [0.1, 0.15) is 38.2 Å². The van der Waals surface area contributed by atoms with Gasteiger partial charge in [0.2, 0.25) is 16.0 Å².